The van der Waals surface area contributed by atoms with E-state index in [1.807, 2.05) is 19.1 Å². The number of hydrogen-bond acceptors (Lipinski definition) is 2. The molecule has 2 N–H and O–H groups in total. The molecule has 2 nitrogen and oxygen atoms in total. The fraction of sp³-hybridized carbons (Fsp3) is 0.133. The smallest absolute Gasteiger partial charge is 0.125 e. The van der Waals surface area contributed by atoms with Crippen molar-refractivity contribution in [2.75, 3.05) is 5.73 Å². The molecular weight excluding hydrogens is 227 g/mol. The van der Waals surface area contributed by atoms with E-state index in [1.165, 1.54) is 12.1 Å². The number of nitrogens with zero attached hydrogens (tertiary/aromatic N) is 1. The number of nitrogen functional groups attached to an aromatic ring is 1. The fourth-order valence-electron chi connectivity index (χ4n) is 1.86. The Morgan fingerprint density at radius 1 is 1.22 bits per heavy atom. The molecule has 0 saturated carbocycles. The Balaban J connectivity index is 2.31. The van der Waals surface area contributed by atoms with Crippen LogP contribution in [0.5, 0.6) is 0 Å². The molecule has 2 aromatic carbocycles. The molecule has 0 unspecified atom stereocenters. The summed E-state index contributed by atoms with van der Waals surface area (Å²) in [7, 11) is 0. The van der Waals surface area contributed by atoms with Gasteiger partial charge in [-0.3, -0.25) is 0 Å². The molecule has 0 atom stereocenters. The van der Waals surface area contributed by atoms with Gasteiger partial charge in [0.1, 0.15) is 5.82 Å². The minimum absolute atomic E-state index is 0.318. The highest BCUT2D eigenvalue weighted by Gasteiger charge is 2.06. The molecule has 0 fully saturated rings. The summed E-state index contributed by atoms with van der Waals surface area (Å²) < 4.78 is 13.3. The first kappa shape index (κ1) is 12.1. The molecule has 2 aromatic rings. The van der Waals surface area contributed by atoms with E-state index in [0.29, 0.717) is 17.7 Å². The summed E-state index contributed by atoms with van der Waals surface area (Å²) in [5.41, 5.74) is 9.63. The minimum Gasteiger partial charge on any atom is -0.398 e. The second-order valence-corrected chi connectivity index (χ2v) is 4.26. The van der Waals surface area contributed by atoms with Crippen LogP contribution in [0.3, 0.4) is 0 Å². The summed E-state index contributed by atoms with van der Waals surface area (Å²) in [5, 5.41) is 8.72. The van der Waals surface area contributed by atoms with Gasteiger partial charge in [-0.2, -0.15) is 5.26 Å². The molecule has 18 heavy (non-hydrogen) atoms. The number of nitrogens with two attached hydrogens (primary N) is 1. The number of nitriles is 1. The van der Waals surface area contributed by atoms with Crippen molar-refractivity contribution in [3.63, 3.8) is 0 Å². The molecule has 0 heterocycles. The zero-order valence-corrected chi connectivity index (χ0v) is 10.1. The quantitative estimate of drug-likeness (QED) is 0.819. The summed E-state index contributed by atoms with van der Waals surface area (Å²) >= 11 is 0. The molecule has 0 bridgehead atoms. The van der Waals surface area contributed by atoms with Crippen LogP contribution in [0.2, 0.25) is 0 Å². The van der Waals surface area contributed by atoms with E-state index in [1.54, 1.807) is 12.1 Å². The maximum atomic E-state index is 13.3. The summed E-state index contributed by atoms with van der Waals surface area (Å²) in [4.78, 5) is 0. The Morgan fingerprint density at radius 3 is 2.50 bits per heavy atom. The fourth-order valence-corrected chi connectivity index (χ4v) is 1.86. The molecule has 90 valence electrons. The van der Waals surface area contributed by atoms with E-state index in [2.05, 4.69) is 6.07 Å². The molecular formula is C15H13FN2. The van der Waals surface area contributed by atoms with Gasteiger partial charge in [0.25, 0.3) is 0 Å². The topological polar surface area (TPSA) is 49.8 Å². The van der Waals surface area contributed by atoms with Gasteiger partial charge in [-0.1, -0.05) is 12.1 Å². The van der Waals surface area contributed by atoms with E-state index in [9.17, 15) is 4.39 Å². The van der Waals surface area contributed by atoms with Crippen LogP contribution in [0.15, 0.2) is 36.4 Å². The van der Waals surface area contributed by atoms with Crippen LogP contribution in [0.4, 0.5) is 10.1 Å². The van der Waals surface area contributed by atoms with Gasteiger partial charge in [0.05, 0.1) is 11.6 Å². The van der Waals surface area contributed by atoms with E-state index >= 15 is 0 Å². The third kappa shape index (κ3) is 2.49. The predicted molar refractivity (Wildman–Crippen MR) is 69.5 cm³/mol. The van der Waals surface area contributed by atoms with Gasteiger partial charge in [0.15, 0.2) is 0 Å². The van der Waals surface area contributed by atoms with Crippen LogP contribution >= 0.6 is 0 Å². The standard InChI is InChI=1S/C15H13FN2/c1-10-13(7-14(16)8-15(10)18)6-11-2-4-12(9-17)5-3-11/h2-5,7-8H,6,18H2,1H3. The van der Waals surface area contributed by atoms with Crippen molar-refractivity contribution in [1.29, 1.82) is 5.26 Å². The number of anilines is 1. The van der Waals surface area contributed by atoms with Gasteiger partial charge in [0.2, 0.25) is 0 Å². The SMILES string of the molecule is Cc1c(N)cc(F)cc1Cc1ccc(C#N)cc1. The lowest BCUT2D eigenvalue weighted by molar-refractivity contribution is 0.626. The number of rotatable bonds is 2. The van der Waals surface area contributed by atoms with E-state index in [-0.39, 0.29) is 5.82 Å². The first-order valence-corrected chi connectivity index (χ1v) is 5.63. The van der Waals surface area contributed by atoms with Crippen molar-refractivity contribution >= 4 is 5.69 Å². The van der Waals surface area contributed by atoms with E-state index < -0.39 is 0 Å². The Hall–Kier alpha value is -2.34. The zero-order chi connectivity index (χ0) is 13.1. The van der Waals surface area contributed by atoms with Crippen molar-refractivity contribution in [2.24, 2.45) is 0 Å². The zero-order valence-electron chi connectivity index (χ0n) is 10.1. The highest BCUT2D eigenvalue weighted by Crippen LogP contribution is 2.21. The largest absolute Gasteiger partial charge is 0.398 e. The van der Waals surface area contributed by atoms with Crippen molar-refractivity contribution in [3.8, 4) is 6.07 Å². The molecule has 0 amide bonds. The highest BCUT2D eigenvalue weighted by molar-refractivity contribution is 5.51. The van der Waals surface area contributed by atoms with Crippen LogP contribution in [0.25, 0.3) is 0 Å². The lowest BCUT2D eigenvalue weighted by Crippen LogP contribution is -1.98. The molecule has 3 heteroatoms. The monoisotopic (exact) mass is 240 g/mol. The maximum Gasteiger partial charge on any atom is 0.125 e. The van der Waals surface area contributed by atoms with Crippen LogP contribution < -0.4 is 5.73 Å². The van der Waals surface area contributed by atoms with Crippen LogP contribution in [0, 0.1) is 24.1 Å². The second-order valence-electron chi connectivity index (χ2n) is 4.26. The summed E-state index contributed by atoms with van der Waals surface area (Å²) in [6.07, 6.45) is 0.611. The van der Waals surface area contributed by atoms with Crippen molar-refractivity contribution in [3.05, 3.63) is 64.5 Å². The molecule has 0 aromatic heterocycles. The van der Waals surface area contributed by atoms with Crippen LogP contribution in [0.1, 0.15) is 22.3 Å². The third-order valence-electron chi connectivity index (χ3n) is 3.00. The summed E-state index contributed by atoms with van der Waals surface area (Å²) in [6.45, 7) is 1.88. The van der Waals surface area contributed by atoms with Gasteiger partial charge in [-0.05, 0) is 54.3 Å². The molecule has 0 aliphatic carbocycles. The first-order valence-electron chi connectivity index (χ1n) is 5.63. The van der Waals surface area contributed by atoms with Crippen LogP contribution in [-0.4, -0.2) is 0 Å². The average molecular weight is 240 g/mol. The lowest BCUT2D eigenvalue weighted by Gasteiger charge is -2.09. The Kier molecular flexibility index (Phi) is 3.29. The van der Waals surface area contributed by atoms with E-state index in [4.69, 9.17) is 11.0 Å². The number of hydrogen-bond donors (Lipinski definition) is 1. The molecule has 0 spiro atoms. The Bertz CT molecular complexity index is 610. The maximum absolute atomic E-state index is 13.3. The number of benzene rings is 2. The van der Waals surface area contributed by atoms with Gasteiger partial charge in [-0.15, -0.1) is 0 Å². The van der Waals surface area contributed by atoms with Crippen molar-refractivity contribution < 1.29 is 4.39 Å². The average Bonchev–Trinajstić information content (AvgIpc) is 2.36. The first-order chi connectivity index (χ1) is 8.60. The third-order valence-corrected chi connectivity index (χ3v) is 3.00. The van der Waals surface area contributed by atoms with Crippen molar-refractivity contribution in [2.45, 2.75) is 13.3 Å². The van der Waals surface area contributed by atoms with Gasteiger partial charge in [0, 0.05) is 5.69 Å². The molecule has 2 rings (SSSR count). The molecule has 0 radical (unpaired) electrons. The molecule has 0 aliphatic rings. The predicted octanol–water partition coefficient (Wildman–Crippen LogP) is 3.18. The van der Waals surface area contributed by atoms with Gasteiger partial charge in [-0.25, -0.2) is 4.39 Å². The van der Waals surface area contributed by atoms with Crippen molar-refractivity contribution in [1.82, 2.24) is 0 Å². The molecule has 0 aliphatic heterocycles. The second kappa shape index (κ2) is 4.89. The Labute approximate surface area is 105 Å². The summed E-state index contributed by atoms with van der Waals surface area (Å²) in [6, 6.07) is 12.2. The Morgan fingerprint density at radius 2 is 1.89 bits per heavy atom. The lowest BCUT2D eigenvalue weighted by atomic mass is 9.98. The number of halogens is 1. The normalized spacial score (nSPS) is 10.1. The summed E-state index contributed by atoms with van der Waals surface area (Å²) in [5.74, 6) is -0.318. The van der Waals surface area contributed by atoms with Crippen LogP contribution in [-0.2, 0) is 6.42 Å². The molecule has 0 saturated heterocycles. The minimum atomic E-state index is -0.318. The van der Waals surface area contributed by atoms with Gasteiger partial charge < -0.3 is 5.73 Å². The van der Waals surface area contributed by atoms with Gasteiger partial charge >= 0.3 is 0 Å². The highest BCUT2D eigenvalue weighted by atomic mass is 19.1. The van der Waals surface area contributed by atoms with E-state index in [0.717, 1.165) is 16.7 Å².